The number of carbonyl (C=O) groups excluding carboxylic acids is 1. The number of carbonyl (C=O) groups is 1. The molecule has 0 saturated carbocycles. The van der Waals surface area contributed by atoms with E-state index in [1.54, 1.807) is 7.11 Å². The minimum absolute atomic E-state index is 0.316. The lowest BCUT2D eigenvalue weighted by molar-refractivity contribution is -0.136. The number of aryl methyl sites for hydroxylation is 1. The molecule has 4 nitrogen and oxygen atoms in total. The van der Waals surface area contributed by atoms with Crippen LogP contribution in [-0.2, 0) is 20.7 Å². The third-order valence-electron chi connectivity index (χ3n) is 4.73. The zero-order valence-electron chi connectivity index (χ0n) is 16.4. The Balaban J connectivity index is 2.17. The van der Waals surface area contributed by atoms with Crippen molar-refractivity contribution in [2.75, 3.05) is 14.2 Å². The number of hydrogen-bond donors (Lipinski definition) is 0. The van der Waals surface area contributed by atoms with Gasteiger partial charge in [-0.1, -0.05) is 67.2 Å². The second kappa shape index (κ2) is 8.72. The van der Waals surface area contributed by atoms with Gasteiger partial charge in [0.2, 0.25) is 0 Å². The summed E-state index contributed by atoms with van der Waals surface area (Å²) in [6.45, 7) is 5.82. The number of rotatable bonds is 7. The Morgan fingerprint density at radius 1 is 1.04 bits per heavy atom. The number of ether oxygens (including phenoxy) is 2. The van der Waals surface area contributed by atoms with Gasteiger partial charge in [-0.05, 0) is 12.5 Å². The van der Waals surface area contributed by atoms with Gasteiger partial charge in [-0.3, -0.25) is 0 Å². The summed E-state index contributed by atoms with van der Waals surface area (Å²) < 4.78 is 16.9. The highest BCUT2D eigenvalue weighted by molar-refractivity contribution is 5.88. The molecule has 0 saturated heterocycles. The van der Waals surface area contributed by atoms with Crippen LogP contribution in [0.4, 0.5) is 0 Å². The molecule has 0 spiro atoms. The van der Waals surface area contributed by atoms with Crippen molar-refractivity contribution in [3.05, 3.63) is 95.3 Å². The quantitative estimate of drug-likeness (QED) is 0.417. The molecule has 0 amide bonds. The van der Waals surface area contributed by atoms with Crippen molar-refractivity contribution in [1.82, 2.24) is 0 Å². The highest BCUT2D eigenvalue weighted by Gasteiger charge is 2.28. The zero-order valence-corrected chi connectivity index (χ0v) is 16.4. The van der Waals surface area contributed by atoms with Crippen molar-refractivity contribution >= 4 is 5.97 Å². The van der Waals surface area contributed by atoms with Crippen molar-refractivity contribution in [2.24, 2.45) is 0 Å². The molecule has 144 valence electrons. The van der Waals surface area contributed by atoms with Crippen LogP contribution in [0.1, 0.15) is 28.6 Å². The Hall–Kier alpha value is -3.11. The van der Waals surface area contributed by atoms with Gasteiger partial charge in [0, 0.05) is 35.8 Å². The molecule has 1 heterocycles. The Kier molecular flexibility index (Phi) is 6.12. The molecule has 0 aliphatic carbocycles. The molecule has 0 N–H and O–H groups in total. The van der Waals surface area contributed by atoms with Gasteiger partial charge in [-0.2, -0.15) is 0 Å². The number of hydrogen-bond acceptors (Lipinski definition) is 4. The number of benzene rings is 2. The second-order valence-corrected chi connectivity index (χ2v) is 6.54. The molecule has 0 radical (unpaired) electrons. The molecule has 2 aromatic carbocycles. The van der Waals surface area contributed by atoms with Crippen LogP contribution in [0, 0.1) is 6.92 Å². The summed E-state index contributed by atoms with van der Waals surface area (Å²) in [6, 6.07) is 19.8. The van der Waals surface area contributed by atoms with E-state index in [9.17, 15) is 4.79 Å². The lowest BCUT2D eigenvalue weighted by Crippen LogP contribution is -2.11. The largest absolute Gasteiger partial charge is 0.466 e. The topological polar surface area (TPSA) is 48.7 Å². The third kappa shape index (κ3) is 3.92. The highest BCUT2D eigenvalue weighted by atomic mass is 16.5. The molecule has 0 fully saturated rings. The number of esters is 1. The van der Waals surface area contributed by atoms with Gasteiger partial charge >= 0.3 is 5.97 Å². The first-order valence-electron chi connectivity index (χ1n) is 9.08. The number of methoxy groups -OCH3 is 2. The lowest BCUT2D eigenvalue weighted by atomic mass is 9.92. The average Bonchev–Trinajstić information content (AvgIpc) is 3.05. The van der Waals surface area contributed by atoms with Crippen LogP contribution in [-0.4, -0.2) is 20.2 Å². The molecular formula is C24H24O4. The van der Waals surface area contributed by atoms with Crippen molar-refractivity contribution in [3.8, 4) is 11.3 Å². The molecule has 1 atom stereocenters. The Morgan fingerprint density at radius 2 is 1.64 bits per heavy atom. The summed E-state index contributed by atoms with van der Waals surface area (Å²) in [5.41, 5.74) is 4.11. The zero-order chi connectivity index (χ0) is 20.1. The molecule has 3 aromatic rings. The van der Waals surface area contributed by atoms with Crippen molar-refractivity contribution in [1.29, 1.82) is 0 Å². The van der Waals surface area contributed by atoms with E-state index in [4.69, 9.17) is 13.9 Å². The van der Waals surface area contributed by atoms with Crippen LogP contribution in [0.3, 0.4) is 0 Å². The first-order chi connectivity index (χ1) is 13.6. The van der Waals surface area contributed by atoms with Crippen molar-refractivity contribution in [2.45, 2.75) is 19.4 Å². The molecule has 1 unspecified atom stereocenters. The van der Waals surface area contributed by atoms with E-state index >= 15 is 0 Å². The first-order valence-corrected chi connectivity index (χ1v) is 9.08. The lowest BCUT2D eigenvalue weighted by Gasteiger charge is -2.18. The van der Waals surface area contributed by atoms with Gasteiger partial charge in [-0.25, -0.2) is 4.79 Å². The fraction of sp³-hybridized carbons (Fsp3) is 0.208. The monoisotopic (exact) mass is 376 g/mol. The van der Waals surface area contributed by atoms with E-state index in [1.807, 2.05) is 67.6 Å². The Morgan fingerprint density at radius 3 is 2.21 bits per heavy atom. The van der Waals surface area contributed by atoms with Crippen LogP contribution in [0.15, 0.2) is 77.2 Å². The molecule has 0 bridgehead atoms. The van der Waals surface area contributed by atoms with E-state index < -0.39 is 5.97 Å². The summed E-state index contributed by atoms with van der Waals surface area (Å²) in [5, 5.41) is 0. The van der Waals surface area contributed by atoms with E-state index in [-0.39, 0.29) is 6.10 Å². The standard InChI is InChI=1S/C24H24O4/c1-16(24(25)27-4)15-20-21(23(26-3)19-13-9-6-10-14-19)17(2)28-22(20)18-11-7-5-8-12-18/h5-14,23H,1,15H2,2-4H3. The van der Waals surface area contributed by atoms with Crippen LogP contribution in [0.5, 0.6) is 0 Å². The minimum Gasteiger partial charge on any atom is -0.466 e. The van der Waals surface area contributed by atoms with E-state index in [1.165, 1.54) is 7.11 Å². The highest BCUT2D eigenvalue weighted by Crippen LogP contribution is 2.39. The van der Waals surface area contributed by atoms with E-state index in [0.717, 1.165) is 33.8 Å². The van der Waals surface area contributed by atoms with Crippen molar-refractivity contribution < 1.29 is 18.7 Å². The van der Waals surface area contributed by atoms with E-state index in [0.29, 0.717) is 12.0 Å². The Bertz CT molecular complexity index is 955. The van der Waals surface area contributed by atoms with Gasteiger partial charge in [0.15, 0.2) is 0 Å². The van der Waals surface area contributed by atoms with Crippen LogP contribution >= 0.6 is 0 Å². The molecule has 4 heteroatoms. The normalized spacial score (nSPS) is 11.8. The van der Waals surface area contributed by atoms with E-state index in [2.05, 4.69) is 6.58 Å². The fourth-order valence-corrected chi connectivity index (χ4v) is 3.42. The van der Waals surface area contributed by atoms with Gasteiger partial charge in [0.05, 0.1) is 7.11 Å². The summed E-state index contributed by atoms with van der Waals surface area (Å²) in [7, 11) is 3.03. The maximum absolute atomic E-state index is 12.0. The van der Waals surface area contributed by atoms with Crippen molar-refractivity contribution in [3.63, 3.8) is 0 Å². The predicted molar refractivity (Wildman–Crippen MR) is 109 cm³/mol. The molecule has 3 rings (SSSR count). The van der Waals surface area contributed by atoms with Crippen LogP contribution in [0.25, 0.3) is 11.3 Å². The van der Waals surface area contributed by atoms with Crippen LogP contribution < -0.4 is 0 Å². The maximum atomic E-state index is 12.0. The van der Waals surface area contributed by atoms with Gasteiger partial charge in [0.25, 0.3) is 0 Å². The second-order valence-electron chi connectivity index (χ2n) is 6.54. The molecule has 0 aliphatic rings. The summed E-state index contributed by atoms with van der Waals surface area (Å²) in [4.78, 5) is 12.0. The summed E-state index contributed by atoms with van der Waals surface area (Å²) >= 11 is 0. The van der Waals surface area contributed by atoms with Gasteiger partial charge in [-0.15, -0.1) is 0 Å². The number of furan rings is 1. The average molecular weight is 376 g/mol. The van der Waals surface area contributed by atoms with Crippen LogP contribution in [0.2, 0.25) is 0 Å². The summed E-state index contributed by atoms with van der Waals surface area (Å²) in [5.74, 6) is 1.04. The Labute approximate surface area is 165 Å². The molecule has 28 heavy (non-hydrogen) atoms. The van der Waals surface area contributed by atoms with Gasteiger partial charge < -0.3 is 13.9 Å². The smallest absolute Gasteiger partial charge is 0.333 e. The molecular weight excluding hydrogens is 352 g/mol. The SMILES string of the molecule is C=C(Cc1c(-c2ccccc2)oc(C)c1C(OC)c1ccccc1)C(=O)OC. The molecule has 0 aliphatic heterocycles. The minimum atomic E-state index is -0.433. The van der Waals surface area contributed by atoms with Gasteiger partial charge in [0.1, 0.15) is 17.6 Å². The fourth-order valence-electron chi connectivity index (χ4n) is 3.42. The third-order valence-corrected chi connectivity index (χ3v) is 4.73. The maximum Gasteiger partial charge on any atom is 0.333 e. The molecule has 1 aromatic heterocycles. The predicted octanol–water partition coefficient (Wildman–Crippen LogP) is 5.26. The first kappa shape index (κ1) is 19.6. The summed E-state index contributed by atoms with van der Waals surface area (Å²) in [6.07, 6.45) is -0.00106.